The van der Waals surface area contributed by atoms with E-state index in [-0.39, 0.29) is 16.8 Å². The van der Waals surface area contributed by atoms with Gasteiger partial charge in [0.05, 0.1) is 4.90 Å². The number of aryl methyl sites for hydroxylation is 1. The Hall–Kier alpha value is -1.07. The van der Waals surface area contributed by atoms with Crippen LogP contribution in [-0.2, 0) is 9.05 Å². The zero-order chi connectivity index (χ0) is 15.2. The van der Waals surface area contributed by atoms with E-state index < -0.39 is 9.05 Å². The molecule has 114 valence electrons. The average molecular weight is 328 g/mol. The van der Waals surface area contributed by atoms with E-state index in [2.05, 4.69) is 5.32 Å². The third-order valence-corrected chi connectivity index (χ3v) is 5.64. The van der Waals surface area contributed by atoms with Gasteiger partial charge in [-0.3, -0.25) is 4.79 Å². The smallest absolute Gasteiger partial charge is 0.261 e. The lowest BCUT2D eigenvalue weighted by molar-refractivity contribution is 0.0925. The first kappa shape index (κ1) is 14.9. The first-order valence-electron chi connectivity index (χ1n) is 7.22. The van der Waals surface area contributed by atoms with Gasteiger partial charge in [0.1, 0.15) is 0 Å². The minimum atomic E-state index is -3.82. The van der Waals surface area contributed by atoms with E-state index in [1.54, 1.807) is 13.0 Å². The number of carbonyl (C=O) groups excluding carboxylic acids is 1. The van der Waals surface area contributed by atoms with Gasteiger partial charge < -0.3 is 5.32 Å². The van der Waals surface area contributed by atoms with Gasteiger partial charge in [-0.25, -0.2) is 8.42 Å². The highest BCUT2D eigenvalue weighted by molar-refractivity contribution is 8.13. The van der Waals surface area contributed by atoms with Crippen LogP contribution in [0.5, 0.6) is 0 Å². The fourth-order valence-electron chi connectivity index (χ4n) is 2.76. The van der Waals surface area contributed by atoms with E-state index >= 15 is 0 Å². The van der Waals surface area contributed by atoms with Crippen molar-refractivity contribution in [1.82, 2.24) is 5.32 Å². The molecular weight excluding hydrogens is 310 g/mol. The van der Waals surface area contributed by atoms with Crippen LogP contribution in [0.1, 0.15) is 41.6 Å². The van der Waals surface area contributed by atoms with Crippen molar-refractivity contribution in [3.05, 3.63) is 29.3 Å². The molecule has 1 N–H and O–H groups in total. The molecule has 6 heteroatoms. The van der Waals surface area contributed by atoms with E-state index in [1.165, 1.54) is 37.8 Å². The predicted octanol–water partition coefficient (Wildman–Crippen LogP) is 2.84. The molecule has 0 aromatic heterocycles. The molecule has 0 heterocycles. The summed E-state index contributed by atoms with van der Waals surface area (Å²) in [6, 6.07) is 4.65. The normalized spacial score (nSPS) is 18.8. The molecule has 2 aliphatic rings. The fraction of sp³-hybridized carbons (Fsp3) is 0.533. The zero-order valence-electron chi connectivity index (χ0n) is 11.8. The molecule has 2 aliphatic carbocycles. The molecule has 0 bridgehead atoms. The van der Waals surface area contributed by atoms with Gasteiger partial charge in [-0.2, -0.15) is 0 Å². The maximum Gasteiger partial charge on any atom is 0.261 e. The van der Waals surface area contributed by atoms with Gasteiger partial charge in [-0.1, -0.05) is 6.07 Å². The lowest BCUT2D eigenvalue weighted by Gasteiger charge is -2.18. The molecule has 2 saturated carbocycles. The Morgan fingerprint density at radius 1 is 1.24 bits per heavy atom. The molecule has 0 spiro atoms. The number of amides is 1. The number of rotatable bonds is 5. The van der Waals surface area contributed by atoms with Gasteiger partial charge in [-0.15, -0.1) is 0 Å². The van der Waals surface area contributed by atoms with Crippen molar-refractivity contribution < 1.29 is 13.2 Å². The monoisotopic (exact) mass is 327 g/mol. The Kier molecular flexibility index (Phi) is 3.74. The molecule has 0 atom stereocenters. The van der Waals surface area contributed by atoms with Crippen LogP contribution >= 0.6 is 10.7 Å². The molecule has 1 amide bonds. The minimum Gasteiger partial charge on any atom is -0.349 e. The minimum absolute atomic E-state index is 0.0330. The molecule has 1 aromatic carbocycles. The van der Waals surface area contributed by atoms with Crippen molar-refractivity contribution in [2.24, 2.45) is 11.8 Å². The molecule has 21 heavy (non-hydrogen) atoms. The summed E-state index contributed by atoms with van der Waals surface area (Å²) < 4.78 is 22.8. The van der Waals surface area contributed by atoms with Gasteiger partial charge in [0, 0.05) is 22.3 Å². The summed E-state index contributed by atoms with van der Waals surface area (Å²) in [6.07, 6.45) is 4.71. The van der Waals surface area contributed by atoms with Gasteiger partial charge in [0.15, 0.2) is 0 Å². The number of nitrogens with one attached hydrogen (secondary N) is 1. The summed E-state index contributed by atoms with van der Waals surface area (Å²) in [5, 5.41) is 3.10. The standard InChI is InChI=1S/C15H18ClNO3S/c1-9-2-7-12(21(16,19)20)8-13(9)15(18)17-14(10-3-4-10)11-5-6-11/h2,7-8,10-11,14H,3-6H2,1H3,(H,17,18). The molecule has 4 nitrogen and oxygen atoms in total. The molecule has 0 aliphatic heterocycles. The Bertz CT molecular complexity index is 666. The van der Waals surface area contributed by atoms with Crippen LogP contribution in [0.25, 0.3) is 0 Å². The van der Waals surface area contributed by atoms with Crippen molar-refractivity contribution in [3.8, 4) is 0 Å². The first-order chi connectivity index (χ1) is 9.86. The van der Waals surface area contributed by atoms with Crippen LogP contribution in [-0.4, -0.2) is 20.4 Å². The van der Waals surface area contributed by atoms with Crippen LogP contribution in [0.2, 0.25) is 0 Å². The summed E-state index contributed by atoms with van der Waals surface area (Å²) in [5.41, 5.74) is 1.14. The van der Waals surface area contributed by atoms with Crippen molar-refractivity contribution in [2.75, 3.05) is 0 Å². The molecule has 3 rings (SSSR count). The Balaban J connectivity index is 1.83. The van der Waals surface area contributed by atoms with Crippen molar-refractivity contribution in [1.29, 1.82) is 0 Å². The SMILES string of the molecule is Cc1ccc(S(=O)(=O)Cl)cc1C(=O)NC(C1CC1)C1CC1. The first-order valence-corrected chi connectivity index (χ1v) is 9.53. The second-order valence-corrected chi connectivity index (χ2v) is 8.65. The highest BCUT2D eigenvalue weighted by atomic mass is 35.7. The quantitative estimate of drug-likeness (QED) is 0.846. The number of benzene rings is 1. The van der Waals surface area contributed by atoms with E-state index in [4.69, 9.17) is 10.7 Å². The van der Waals surface area contributed by atoms with Crippen LogP contribution in [0.3, 0.4) is 0 Å². The number of halogens is 1. The maximum atomic E-state index is 12.5. The third kappa shape index (κ3) is 3.40. The molecule has 0 unspecified atom stereocenters. The average Bonchev–Trinajstić information content (AvgIpc) is 3.27. The molecule has 2 fully saturated rings. The summed E-state index contributed by atoms with van der Waals surface area (Å²) in [6.45, 7) is 1.79. The Morgan fingerprint density at radius 3 is 2.29 bits per heavy atom. The summed E-state index contributed by atoms with van der Waals surface area (Å²) in [5.74, 6) is 1.00. The molecular formula is C15H18ClNO3S. The third-order valence-electron chi connectivity index (χ3n) is 4.29. The Labute approximate surface area is 129 Å². The van der Waals surface area contributed by atoms with Crippen molar-refractivity contribution in [3.63, 3.8) is 0 Å². The summed E-state index contributed by atoms with van der Waals surface area (Å²) >= 11 is 0. The van der Waals surface area contributed by atoms with Gasteiger partial charge >= 0.3 is 0 Å². The van der Waals surface area contributed by atoms with E-state index in [0.717, 1.165) is 5.56 Å². The summed E-state index contributed by atoms with van der Waals surface area (Å²) in [7, 11) is 1.53. The van der Waals surface area contributed by atoms with Crippen LogP contribution in [0, 0.1) is 18.8 Å². The molecule has 1 aromatic rings. The number of hydrogen-bond donors (Lipinski definition) is 1. The lowest BCUT2D eigenvalue weighted by Crippen LogP contribution is -2.38. The highest BCUT2D eigenvalue weighted by Gasteiger charge is 2.42. The second-order valence-electron chi connectivity index (χ2n) is 6.09. The number of carbonyl (C=O) groups is 1. The topological polar surface area (TPSA) is 63.2 Å². The molecule has 0 radical (unpaired) electrons. The van der Waals surface area contributed by atoms with Gasteiger partial charge in [-0.05, 0) is 62.1 Å². The van der Waals surface area contributed by atoms with Gasteiger partial charge in [0.25, 0.3) is 15.0 Å². The van der Waals surface area contributed by atoms with E-state index in [9.17, 15) is 13.2 Å². The zero-order valence-corrected chi connectivity index (χ0v) is 13.4. The largest absolute Gasteiger partial charge is 0.349 e. The van der Waals surface area contributed by atoms with Crippen molar-refractivity contribution >= 4 is 25.6 Å². The van der Waals surface area contributed by atoms with E-state index in [1.807, 2.05) is 0 Å². The second kappa shape index (κ2) is 5.29. The fourth-order valence-corrected chi connectivity index (χ4v) is 3.53. The lowest BCUT2D eigenvalue weighted by atomic mass is 10.0. The van der Waals surface area contributed by atoms with Gasteiger partial charge in [0.2, 0.25) is 0 Å². The Morgan fingerprint density at radius 2 is 1.81 bits per heavy atom. The van der Waals surface area contributed by atoms with Crippen LogP contribution in [0.15, 0.2) is 23.1 Å². The predicted molar refractivity (Wildman–Crippen MR) is 80.9 cm³/mol. The van der Waals surface area contributed by atoms with Crippen LogP contribution < -0.4 is 5.32 Å². The molecule has 0 saturated heterocycles. The maximum absolute atomic E-state index is 12.5. The summed E-state index contributed by atoms with van der Waals surface area (Å²) in [4.78, 5) is 12.4. The van der Waals surface area contributed by atoms with E-state index in [0.29, 0.717) is 17.4 Å². The van der Waals surface area contributed by atoms with Crippen molar-refractivity contribution in [2.45, 2.75) is 43.5 Å². The van der Waals surface area contributed by atoms with Crippen LogP contribution in [0.4, 0.5) is 0 Å². The number of hydrogen-bond acceptors (Lipinski definition) is 3. The highest BCUT2D eigenvalue weighted by Crippen LogP contribution is 2.44.